The standard InChI is InChI=1S/C14H19FN2O/c15-13-10-11(8-9-16-13)14(18)17-12-6-4-2-1-3-5-7-12/h8-10,12H,1-7H2,(H,17,18). The lowest BCUT2D eigenvalue weighted by atomic mass is 9.96. The van der Waals surface area contributed by atoms with Crippen molar-refractivity contribution in [3.8, 4) is 0 Å². The molecule has 0 aliphatic heterocycles. The lowest BCUT2D eigenvalue weighted by molar-refractivity contribution is 0.0930. The van der Waals surface area contributed by atoms with Crippen LogP contribution in [0.5, 0.6) is 0 Å². The minimum atomic E-state index is -0.611. The van der Waals surface area contributed by atoms with Crippen molar-refractivity contribution >= 4 is 5.91 Å². The van der Waals surface area contributed by atoms with Gasteiger partial charge in [-0.2, -0.15) is 4.39 Å². The molecule has 1 aromatic heterocycles. The maximum atomic E-state index is 12.9. The van der Waals surface area contributed by atoms with Crippen LogP contribution in [0.25, 0.3) is 0 Å². The zero-order valence-electron chi connectivity index (χ0n) is 10.5. The molecule has 1 amide bonds. The van der Waals surface area contributed by atoms with Crippen LogP contribution in [-0.4, -0.2) is 16.9 Å². The Morgan fingerprint density at radius 2 is 1.89 bits per heavy atom. The maximum Gasteiger partial charge on any atom is 0.251 e. The van der Waals surface area contributed by atoms with Crippen molar-refractivity contribution in [2.75, 3.05) is 0 Å². The normalized spacial score (nSPS) is 17.8. The van der Waals surface area contributed by atoms with E-state index < -0.39 is 5.95 Å². The second kappa shape index (κ2) is 6.47. The van der Waals surface area contributed by atoms with Crippen molar-refractivity contribution < 1.29 is 9.18 Å². The van der Waals surface area contributed by atoms with Gasteiger partial charge in [0.05, 0.1) is 0 Å². The van der Waals surface area contributed by atoms with E-state index in [-0.39, 0.29) is 11.9 Å². The number of halogens is 1. The summed E-state index contributed by atoms with van der Waals surface area (Å²) >= 11 is 0. The monoisotopic (exact) mass is 250 g/mol. The van der Waals surface area contributed by atoms with Gasteiger partial charge in [0.1, 0.15) is 0 Å². The van der Waals surface area contributed by atoms with Gasteiger partial charge in [-0.1, -0.05) is 32.1 Å². The van der Waals surface area contributed by atoms with Gasteiger partial charge in [0.15, 0.2) is 0 Å². The minimum absolute atomic E-state index is 0.193. The highest BCUT2D eigenvalue weighted by molar-refractivity contribution is 5.94. The molecule has 1 N–H and O–H groups in total. The zero-order valence-corrected chi connectivity index (χ0v) is 10.5. The van der Waals surface area contributed by atoms with E-state index in [9.17, 15) is 9.18 Å². The fourth-order valence-electron chi connectivity index (χ4n) is 2.41. The van der Waals surface area contributed by atoms with Crippen molar-refractivity contribution in [2.24, 2.45) is 0 Å². The van der Waals surface area contributed by atoms with Crippen LogP contribution in [0.1, 0.15) is 55.3 Å². The molecule has 0 spiro atoms. The summed E-state index contributed by atoms with van der Waals surface area (Å²) in [5.74, 6) is -0.804. The van der Waals surface area contributed by atoms with E-state index in [0.717, 1.165) is 25.7 Å². The molecular weight excluding hydrogens is 231 g/mol. The highest BCUT2D eigenvalue weighted by Gasteiger charge is 2.15. The summed E-state index contributed by atoms with van der Waals surface area (Å²) < 4.78 is 12.9. The number of amides is 1. The van der Waals surface area contributed by atoms with Crippen LogP contribution in [0, 0.1) is 5.95 Å². The first-order valence-corrected chi connectivity index (χ1v) is 6.68. The third-order valence-electron chi connectivity index (χ3n) is 3.43. The Labute approximate surface area is 107 Å². The minimum Gasteiger partial charge on any atom is -0.349 e. The molecule has 0 aromatic carbocycles. The van der Waals surface area contributed by atoms with E-state index in [1.807, 2.05) is 0 Å². The maximum absolute atomic E-state index is 12.9. The second-order valence-corrected chi connectivity index (χ2v) is 4.88. The fraction of sp³-hybridized carbons (Fsp3) is 0.571. The first-order valence-electron chi connectivity index (χ1n) is 6.68. The molecule has 0 saturated heterocycles. The van der Waals surface area contributed by atoms with E-state index >= 15 is 0 Å². The van der Waals surface area contributed by atoms with Gasteiger partial charge in [-0.05, 0) is 18.9 Å². The van der Waals surface area contributed by atoms with Crippen LogP contribution in [0.3, 0.4) is 0 Å². The SMILES string of the molecule is O=C(NC1CCCCCCC1)c1ccnc(F)c1. The highest BCUT2D eigenvalue weighted by Crippen LogP contribution is 2.17. The molecular formula is C14H19FN2O. The van der Waals surface area contributed by atoms with Crippen molar-refractivity contribution in [2.45, 2.75) is 51.0 Å². The number of pyridine rings is 1. The van der Waals surface area contributed by atoms with Gasteiger partial charge in [0.25, 0.3) is 5.91 Å². The van der Waals surface area contributed by atoms with Gasteiger partial charge in [-0.15, -0.1) is 0 Å². The van der Waals surface area contributed by atoms with Crippen LogP contribution in [0.4, 0.5) is 4.39 Å². The third kappa shape index (κ3) is 3.79. The van der Waals surface area contributed by atoms with Crippen LogP contribution in [0.15, 0.2) is 18.3 Å². The molecule has 1 aliphatic carbocycles. The molecule has 0 unspecified atom stereocenters. The average Bonchev–Trinajstić information content (AvgIpc) is 2.32. The average molecular weight is 250 g/mol. The molecule has 1 heterocycles. The summed E-state index contributed by atoms with van der Waals surface area (Å²) in [6.07, 6.45) is 9.50. The van der Waals surface area contributed by atoms with Gasteiger partial charge in [0.2, 0.25) is 5.95 Å². The Balaban J connectivity index is 1.93. The van der Waals surface area contributed by atoms with E-state index in [2.05, 4.69) is 10.3 Å². The molecule has 18 heavy (non-hydrogen) atoms. The highest BCUT2D eigenvalue weighted by atomic mass is 19.1. The number of carbonyl (C=O) groups is 1. The van der Waals surface area contributed by atoms with Crippen molar-refractivity contribution in [1.82, 2.24) is 10.3 Å². The van der Waals surface area contributed by atoms with Crippen LogP contribution in [-0.2, 0) is 0 Å². The van der Waals surface area contributed by atoms with Gasteiger partial charge >= 0.3 is 0 Å². The number of hydrogen-bond donors (Lipinski definition) is 1. The van der Waals surface area contributed by atoms with Crippen molar-refractivity contribution in [1.29, 1.82) is 0 Å². The summed E-state index contributed by atoms with van der Waals surface area (Å²) in [5, 5.41) is 3.00. The molecule has 2 rings (SSSR count). The lowest BCUT2D eigenvalue weighted by Gasteiger charge is -2.21. The van der Waals surface area contributed by atoms with Crippen LogP contribution in [0.2, 0.25) is 0 Å². The molecule has 1 aliphatic rings. The molecule has 0 radical (unpaired) electrons. The Bertz CT molecular complexity index is 401. The van der Waals surface area contributed by atoms with Gasteiger partial charge in [-0.3, -0.25) is 4.79 Å². The summed E-state index contributed by atoms with van der Waals surface area (Å²) in [6, 6.07) is 2.95. The van der Waals surface area contributed by atoms with Gasteiger partial charge in [-0.25, -0.2) is 4.98 Å². The molecule has 98 valence electrons. The topological polar surface area (TPSA) is 42.0 Å². The number of nitrogens with zero attached hydrogens (tertiary/aromatic N) is 1. The van der Waals surface area contributed by atoms with E-state index in [1.165, 1.54) is 31.5 Å². The first-order chi connectivity index (χ1) is 8.75. The number of nitrogens with one attached hydrogen (secondary N) is 1. The lowest BCUT2D eigenvalue weighted by Crippen LogP contribution is -2.35. The molecule has 0 atom stereocenters. The summed E-state index contributed by atoms with van der Waals surface area (Å²) in [6.45, 7) is 0. The predicted molar refractivity (Wildman–Crippen MR) is 67.8 cm³/mol. The summed E-state index contributed by atoms with van der Waals surface area (Å²) in [5.41, 5.74) is 0.351. The molecule has 3 nitrogen and oxygen atoms in total. The summed E-state index contributed by atoms with van der Waals surface area (Å²) in [7, 11) is 0. The van der Waals surface area contributed by atoms with Crippen LogP contribution >= 0.6 is 0 Å². The Kier molecular flexibility index (Phi) is 4.67. The second-order valence-electron chi connectivity index (χ2n) is 4.88. The Morgan fingerprint density at radius 3 is 2.56 bits per heavy atom. The number of aromatic nitrogens is 1. The molecule has 1 aromatic rings. The number of rotatable bonds is 2. The number of hydrogen-bond acceptors (Lipinski definition) is 2. The molecule has 1 fully saturated rings. The van der Waals surface area contributed by atoms with E-state index in [1.54, 1.807) is 6.07 Å². The van der Waals surface area contributed by atoms with E-state index in [4.69, 9.17) is 0 Å². The predicted octanol–water partition coefficient (Wildman–Crippen LogP) is 3.06. The summed E-state index contributed by atoms with van der Waals surface area (Å²) in [4.78, 5) is 15.4. The third-order valence-corrected chi connectivity index (χ3v) is 3.43. The zero-order chi connectivity index (χ0) is 12.8. The molecule has 0 bridgehead atoms. The molecule has 1 saturated carbocycles. The Hall–Kier alpha value is -1.45. The van der Waals surface area contributed by atoms with E-state index in [0.29, 0.717) is 5.56 Å². The fourth-order valence-corrected chi connectivity index (χ4v) is 2.41. The van der Waals surface area contributed by atoms with Gasteiger partial charge < -0.3 is 5.32 Å². The largest absolute Gasteiger partial charge is 0.349 e. The number of carbonyl (C=O) groups excluding carboxylic acids is 1. The first kappa shape index (κ1) is 13.0. The van der Waals surface area contributed by atoms with Gasteiger partial charge in [0, 0.05) is 23.9 Å². The smallest absolute Gasteiger partial charge is 0.251 e. The quantitative estimate of drug-likeness (QED) is 0.820. The Morgan fingerprint density at radius 1 is 1.22 bits per heavy atom. The van der Waals surface area contributed by atoms with Crippen LogP contribution < -0.4 is 5.32 Å². The van der Waals surface area contributed by atoms with Crippen molar-refractivity contribution in [3.63, 3.8) is 0 Å². The molecule has 4 heteroatoms. The van der Waals surface area contributed by atoms with Crippen molar-refractivity contribution in [3.05, 3.63) is 29.8 Å².